The normalized spacial score (nSPS) is 12.9. The number of hydrogen-bond donors (Lipinski definition) is 2. The lowest BCUT2D eigenvalue weighted by atomic mass is 9.99. The zero-order valence-corrected chi connectivity index (χ0v) is 13.1. The first-order valence-corrected chi connectivity index (χ1v) is 6.92. The molecule has 0 spiro atoms. The highest BCUT2D eigenvalue weighted by atomic mass is 16.6. The van der Waals surface area contributed by atoms with Crippen molar-refractivity contribution in [3.8, 4) is 0 Å². The molecule has 5 heteroatoms. The van der Waals surface area contributed by atoms with Gasteiger partial charge in [0.2, 0.25) is 0 Å². The summed E-state index contributed by atoms with van der Waals surface area (Å²) in [6, 6.07) is 6.04. The Morgan fingerprint density at radius 3 is 1.95 bits per heavy atom. The zero-order valence-electron chi connectivity index (χ0n) is 13.1. The second kappa shape index (κ2) is 6.61. The van der Waals surface area contributed by atoms with E-state index >= 15 is 0 Å². The molecule has 0 aliphatic rings. The van der Waals surface area contributed by atoms with E-state index in [0.29, 0.717) is 11.5 Å². The highest BCUT2D eigenvalue weighted by Gasteiger charge is 2.25. The summed E-state index contributed by atoms with van der Waals surface area (Å²) in [5, 5.41) is 11.7. The van der Waals surface area contributed by atoms with Gasteiger partial charge in [-0.2, -0.15) is 0 Å². The first-order chi connectivity index (χ1) is 9.60. The molecule has 0 saturated heterocycles. The molecule has 1 atom stereocenters. The van der Waals surface area contributed by atoms with E-state index in [2.05, 4.69) is 19.2 Å². The number of carboxylic acid groups (broad SMARTS) is 1. The van der Waals surface area contributed by atoms with E-state index in [4.69, 9.17) is 4.74 Å². The molecule has 1 aromatic rings. The SMILES string of the molecule is CC(C)c1ccc(C(NC(=O)OC(C)(C)C)C(=O)O)cc1. The van der Waals surface area contributed by atoms with Gasteiger partial charge in [0.15, 0.2) is 6.04 Å². The molecule has 0 radical (unpaired) electrons. The molecule has 0 aromatic heterocycles. The molecule has 0 aliphatic heterocycles. The van der Waals surface area contributed by atoms with Crippen LogP contribution in [0.3, 0.4) is 0 Å². The van der Waals surface area contributed by atoms with Crippen LogP contribution in [-0.2, 0) is 9.53 Å². The Kier molecular flexibility index (Phi) is 5.35. The van der Waals surface area contributed by atoms with Crippen LogP contribution in [0.25, 0.3) is 0 Å². The smallest absolute Gasteiger partial charge is 0.408 e. The number of carbonyl (C=O) groups excluding carboxylic acids is 1. The third-order valence-corrected chi connectivity index (χ3v) is 2.84. The molecule has 2 N–H and O–H groups in total. The van der Waals surface area contributed by atoms with Gasteiger partial charge in [-0.25, -0.2) is 9.59 Å². The van der Waals surface area contributed by atoms with Crippen LogP contribution >= 0.6 is 0 Å². The van der Waals surface area contributed by atoms with E-state index in [0.717, 1.165) is 5.56 Å². The van der Waals surface area contributed by atoms with Crippen LogP contribution < -0.4 is 5.32 Å². The molecule has 0 bridgehead atoms. The first kappa shape index (κ1) is 17.0. The summed E-state index contributed by atoms with van der Waals surface area (Å²) in [5.74, 6) is -0.765. The number of benzene rings is 1. The van der Waals surface area contributed by atoms with Crippen molar-refractivity contribution >= 4 is 12.1 Å². The van der Waals surface area contributed by atoms with Crippen molar-refractivity contribution in [1.29, 1.82) is 0 Å². The minimum absolute atomic E-state index is 0.362. The summed E-state index contributed by atoms with van der Waals surface area (Å²) in [7, 11) is 0. The number of carbonyl (C=O) groups is 2. The minimum Gasteiger partial charge on any atom is -0.479 e. The fraction of sp³-hybridized carbons (Fsp3) is 0.500. The standard InChI is InChI=1S/C16H23NO4/c1-10(2)11-6-8-12(9-7-11)13(14(18)19)17-15(20)21-16(3,4)5/h6-10,13H,1-5H3,(H,17,20)(H,18,19). The molecular formula is C16H23NO4. The van der Waals surface area contributed by atoms with Crippen LogP contribution in [-0.4, -0.2) is 22.8 Å². The number of aliphatic carboxylic acids is 1. The third-order valence-electron chi connectivity index (χ3n) is 2.84. The number of ether oxygens (including phenoxy) is 1. The van der Waals surface area contributed by atoms with E-state index in [-0.39, 0.29) is 0 Å². The van der Waals surface area contributed by atoms with Crippen molar-refractivity contribution in [2.24, 2.45) is 0 Å². The fourth-order valence-electron chi connectivity index (χ4n) is 1.79. The van der Waals surface area contributed by atoms with Gasteiger partial charge in [-0.1, -0.05) is 38.1 Å². The average Bonchev–Trinajstić information content (AvgIpc) is 2.33. The van der Waals surface area contributed by atoms with Crippen LogP contribution in [0.15, 0.2) is 24.3 Å². The topological polar surface area (TPSA) is 75.6 Å². The zero-order chi connectivity index (χ0) is 16.2. The summed E-state index contributed by atoms with van der Waals surface area (Å²) in [4.78, 5) is 23.1. The quantitative estimate of drug-likeness (QED) is 0.891. The molecule has 0 saturated carbocycles. The Morgan fingerprint density at radius 2 is 1.57 bits per heavy atom. The molecule has 1 rings (SSSR count). The van der Waals surface area contributed by atoms with Gasteiger partial charge in [-0.3, -0.25) is 0 Å². The van der Waals surface area contributed by atoms with Gasteiger partial charge >= 0.3 is 12.1 Å². The van der Waals surface area contributed by atoms with Crippen LogP contribution in [0.5, 0.6) is 0 Å². The summed E-state index contributed by atoms with van der Waals surface area (Å²) < 4.78 is 5.09. The number of carboxylic acids is 1. The fourth-order valence-corrected chi connectivity index (χ4v) is 1.79. The lowest BCUT2D eigenvalue weighted by Gasteiger charge is -2.22. The lowest BCUT2D eigenvalue weighted by Crippen LogP contribution is -2.38. The van der Waals surface area contributed by atoms with Crippen LogP contribution in [0.2, 0.25) is 0 Å². The number of alkyl carbamates (subject to hydrolysis) is 1. The Bertz CT molecular complexity index is 500. The highest BCUT2D eigenvalue weighted by Crippen LogP contribution is 2.19. The first-order valence-electron chi connectivity index (χ1n) is 6.92. The predicted octanol–water partition coefficient (Wildman–Crippen LogP) is 3.46. The summed E-state index contributed by atoms with van der Waals surface area (Å²) >= 11 is 0. The van der Waals surface area contributed by atoms with Gasteiger partial charge in [0, 0.05) is 0 Å². The largest absolute Gasteiger partial charge is 0.479 e. The van der Waals surface area contributed by atoms with E-state index < -0.39 is 23.7 Å². The molecule has 0 fully saturated rings. The van der Waals surface area contributed by atoms with Gasteiger partial charge < -0.3 is 15.2 Å². The van der Waals surface area contributed by atoms with E-state index in [9.17, 15) is 14.7 Å². The van der Waals surface area contributed by atoms with Crippen LogP contribution in [0.4, 0.5) is 4.79 Å². The lowest BCUT2D eigenvalue weighted by molar-refractivity contribution is -0.139. The van der Waals surface area contributed by atoms with Gasteiger partial charge in [0.25, 0.3) is 0 Å². The van der Waals surface area contributed by atoms with Gasteiger partial charge in [0.05, 0.1) is 0 Å². The van der Waals surface area contributed by atoms with Crippen molar-refractivity contribution in [3.63, 3.8) is 0 Å². The molecule has 21 heavy (non-hydrogen) atoms. The van der Waals surface area contributed by atoms with Crippen molar-refractivity contribution in [2.75, 3.05) is 0 Å². The van der Waals surface area contributed by atoms with Crippen molar-refractivity contribution in [1.82, 2.24) is 5.32 Å². The Balaban J connectivity index is 2.87. The molecule has 1 amide bonds. The van der Waals surface area contributed by atoms with Gasteiger partial charge in [-0.05, 0) is 37.8 Å². The summed E-state index contributed by atoms with van der Waals surface area (Å²) in [6.07, 6.45) is -0.747. The maximum atomic E-state index is 11.7. The van der Waals surface area contributed by atoms with Gasteiger partial charge in [-0.15, -0.1) is 0 Å². The monoisotopic (exact) mass is 293 g/mol. The summed E-state index contributed by atoms with van der Waals surface area (Å²) in [5.41, 5.74) is 0.951. The minimum atomic E-state index is -1.13. The average molecular weight is 293 g/mol. The maximum absolute atomic E-state index is 11.7. The molecule has 0 heterocycles. The number of rotatable bonds is 4. The van der Waals surface area contributed by atoms with E-state index in [1.54, 1.807) is 32.9 Å². The van der Waals surface area contributed by atoms with Crippen molar-refractivity contribution in [2.45, 2.75) is 52.2 Å². The molecule has 0 aliphatic carbocycles. The Labute approximate surface area is 125 Å². The molecule has 5 nitrogen and oxygen atoms in total. The van der Waals surface area contributed by atoms with Crippen LogP contribution in [0.1, 0.15) is 57.7 Å². The van der Waals surface area contributed by atoms with Crippen molar-refractivity contribution < 1.29 is 19.4 Å². The number of nitrogens with one attached hydrogen (secondary N) is 1. The predicted molar refractivity (Wildman–Crippen MR) is 80.3 cm³/mol. The van der Waals surface area contributed by atoms with Gasteiger partial charge in [0.1, 0.15) is 5.60 Å². The maximum Gasteiger partial charge on any atom is 0.408 e. The molecule has 116 valence electrons. The molecule has 1 unspecified atom stereocenters. The molecular weight excluding hydrogens is 270 g/mol. The second-order valence-electron chi connectivity index (χ2n) is 6.24. The summed E-state index contributed by atoms with van der Waals surface area (Å²) in [6.45, 7) is 9.28. The number of hydrogen-bond acceptors (Lipinski definition) is 3. The van der Waals surface area contributed by atoms with E-state index in [1.165, 1.54) is 0 Å². The number of amides is 1. The van der Waals surface area contributed by atoms with Crippen LogP contribution in [0, 0.1) is 0 Å². The highest BCUT2D eigenvalue weighted by molar-refractivity contribution is 5.81. The molecule has 1 aromatic carbocycles. The van der Waals surface area contributed by atoms with E-state index in [1.807, 2.05) is 12.1 Å². The van der Waals surface area contributed by atoms with Crippen molar-refractivity contribution in [3.05, 3.63) is 35.4 Å². The second-order valence-corrected chi connectivity index (χ2v) is 6.24. The third kappa shape index (κ3) is 5.45. The Hall–Kier alpha value is -2.04. The Morgan fingerprint density at radius 1 is 1.10 bits per heavy atom.